The number of fused-ring (bicyclic) bond motifs is 1. The highest BCUT2D eigenvalue weighted by atomic mass is 16.2. The highest BCUT2D eigenvalue weighted by Gasteiger charge is 2.21. The summed E-state index contributed by atoms with van der Waals surface area (Å²) in [5, 5.41) is 6.41. The second-order valence-electron chi connectivity index (χ2n) is 10.9. The van der Waals surface area contributed by atoms with Crippen molar-refractivity contribution in [2.45, 2.75) is 65.8 Å². The Labute approximate surface area is 241 Å². The summed E-state index contributed by atoms with van der Waals surface area (Å²) < 4.78 is 1.88. The van der Waals surface area contributed by atoms with Gasteiger partial charge in [0.1, 0.15) is 17.8 Å². The van der Waals surface area contributed by atoms with Gasteiger partial charge in [-0.1, -0.05) is 27.2 Å². The molecular weight excluding hydrogens is 514 g/mol. The smallest absolute Gasteiger partial charge is 0.268 e. The number of nitrogens with zero attached hydrogens (tertiary/aromatic N) is 4. The van der Waals surface area contributed by atoms with Gasteiger partial charge in [0.2, 0.25) is 0 Å². The molecule has 3 N–H and O–H groups in total. The molecule has 4 aromatic heterocycles. The van der Waals surface area contributed by atoms with Gasteiger partial charge in [-0.25, -0.2) is 9.97 Å². The van der Waals surface area contributed by atoms with E-state index in [2.05, 4.69) is 59.5 Å². The number of carbonyl (C=O) groups excluding carboxylic acids is 1. The molecule has 1 amide bonds. The predicted molar refractivity (Wildman–Crippen MR) is 164 cm³/mol. The van der Waals surface area contributed by atoms with Crippen molar-refractivity contribution in [3.8, 4) is 11.1 Å². The third kappa shape index (κ3) is 6.05. The van der Waals surface area contributed by atoms with Gasteiger partial charge in [0, 0.05) is 61.7 Å². The number of rotatable bonds is 10. The Hall–Kier alpha value is -3.98. The summed E-state index contributed by atoms with van der Waals surface area (Å²) in [6.07, 6.45) is 7.27. The number of hydrogen-bond acceptors (Lipinski definition) is 6. The van der Waals surface area contributed by atoms with Crippen LogP contribution >= 0.6 is 0 Å². The lowest BCUT2D eigenvalue weighted by Crippen LogP contribution is -2.43. The lowest BCUT2D eigenvalue weighted by Gasteiger charge is -2.28. The molecule has 0 unspecified atom stereocenters. The van der Waals surface area contributed by atoms with Gasteiger partial charge in [-0.05, 0) is 67.6 Å². The molecule has 4 aromatic rings. The maximum atomic E-state index is 13.7. The van der Waals surface area contributed by atoms with E-state index in [0.29, 0.717) is 17.2 Å². The molecule has 5 rings (SSSR count). The van der Waals surface area contributed by atoms with E-state index >= 15 is 0 Å². The van der Waals surface area contributed by atoms with E-state index in [-0.39, 0.29) is 18.0 Å². The van der Waals surface area contributed by atoms with Crippen molar-refractivity contribution in [1.29, 1.82) is 0 Å². The van der Waals surface area contributed by atoms with Crippen molar-refractivity contribution in [2.75, 3.05) is 31.1 Å². The monoisotopic (exact) mass is 555 g/mol. The zero-order valence-corrected chi connectivity index (χ0v) is 24.6. The van der Waals surface area contributed by atoms with Gasteiger partial charge in [-0.3, -0.25) is 14.0 Å². The lowest BCUT2D eigenvalue weighted by molar-refractivity contribution is 0.0944. The molecule has 0 radical (unpaired) electrons. The molecule has 0 spiro atoms. The summed E-state index contributed by atoms with van der Waals surface area (Å²) in [5.41, 5.74) is 6.51. The maximum absolute atomic E-state index is 13.7. The second-order valence-corrected chi connectivity index (χ2v) is 10.9. The summed E-state index contributed by atoms with van der Waals surface area (Å²) in [4.78, 5) is 41.2. The number of aryl methyl sites for hydroxylation is 2. The Morgan fingerprint density at radius 1 is 1.05 bits per heavy atom. The van der Waals surface area contributed by atoms with Gasteiger partial charge < -0.3 is 20.5 Å². The lowest BCUT2D eigenvalue weighted by atomic mass is 9.97. The van der Waals surface area contributed by atoms with Crippen molar-refractivity contribution in [2.24, 2.45) is 0 Å². The molecule has 0 atom stereocenters. The summed E-state index contributed by atoms with van der Waals surface area (Å²) >= 11 is 0. The minimum atomic E-state index is -0.252. The summed E-state index contributed by atoms with van der Waals surface area (Å²) in [6, 6.07) is 10.1. The molecule has 41 heavy (non-hydrogen) atoms. The van der Waals surface area contributed by atoms with Crippen LogP contribution < -0.4 is 21.1 Å². The van der Waals surface area contributed by atoms with Crippen LogP contribution in [0.5, 0.6) is 0 Å². The Morgan fingerprint density at radius 3 is 2.51 bits per heavy atom. The Kier molecular flexibility index (Phi) is 8.83. The zero-order valence-electron chi connectivity index (χ0n) is 24.6. The third-order valence-corrected chi connectivity index (χ3v) is 8.11. The first kappa shape index (κ1) is 28.5. The fourth-order valence-electron chi connectivity index (χ4n) is 5.81. The topological polar surface area (TPSA) is 107 Å². The minimum absolute atomic E-state index is 0.151. The molecule has 0 aliphatic carbocycles. The maximum Gasteiger partial charge on any atom is 0.268 e. The van der Waals surface area contributed by atoms with Crippen molar-refractivity contribution >= 4 is 17.2 Å². The van der Waals surface area contributed by atoms with Crippen LogP contribution in [0.3, 0.4) is 0 Å². The van der Waals surface area contributed by atoms with Crippen LogP contribution in [0.15, 0.2) is 47.7 Å². The second kappa shape index (κ2) is 12.7. The first-order valence-corrected chi connectivity index (χ1v) is 14.9. The number of anilines is 1. The number of pyridine rings is 3. The number of aromatic nitrogens is 4. The van der Waals surface area contributed by atoms with Crippen LogP contribution in [0, 0.1) is 6.92 Å². The van der Waals surface area contributed by atoms with Crippen LogP contribution in [0.1, 0.15) is 79.0 Å². The number of amides is 1. The Morgan fingerprint density at radius 2 is 1.83 bits per heavy atom. The first-order valence-electron chi connectivity index (χ1n) is 14.9. The first-order chi connectivity index (χ1) is 19.9. The van der Waals surface area contributed by atoms with Gasteiger partial charge in [-0.2, -0.15) is 0 Å². The zero-order chi connectivity index (χ0) is 28.9. The molecule has 1 aliphatic rings. The molecule has 9 nitrogen and oxygen atoms in total. The molecular formula is C32H41N7O2. The van der Waals surface area contributed by atoms with Crippen molar-refractivity contribution in [1.82, 2.24) is 30.0 Å². The van der Waals surface area contributed by atoms with Crippen LogP contribution in [0.25, 0.3) is 16.6 Å². The molecule has 9 heteroatoms. The highest BCUT2D eigenvalue weighted by Crippen LogP contribution is 2.31. The molecule has 0 aromatic carbocycles. The minimum Gasteiger partial charge on any atom is -0.354 e. The number of aromatic amines is 1. The number of carbonyl (C=O) groups is 1. The van der Waals surface area contributed by atoms with Crippen LogP contribution in [0.2, 0.25) is 0 Å². The van der Waals surface area contributed by atoms with E-state index < -0.39 is 0 Å². The van der Waals surface area contributed by atoms with Crippen LogP contribution in [0.4, 0.5) is 5.82 Å². The summed E-state index contributed by atoms with van der Waals surface area (Å²) in [5.74, 6) is 1.00. The standard InChI is InChI=1S/C32H41N7O2/c1-5-8-23-15-21(4)37-31(40)26(23)19-35-32(41)28-17-25(16-27-30(22(6-2)7-3)36-20-39(27)28)24-9-10-29(34-18-24)38-13-11-33-12-14-38/h9-10,15-18,20,22,33H,5-8,11-14,19H2,1-4H3,(H,35,41)(H,37,40). The average molecular weight is 556 g/mol. The van der Waals surface area contributed by atoms with Gasteiger partial charge in [0.15, 0.2) is 0 Å². The van der Waals surface area contributed by atoms with Crippen LogP contribution in [-0.2, 0) is 13.0 Å². The Bertz CT molecular complexity index is 1560. The van der Waals surface area contributed by atoms with Crippen molar-refractivity contribution in [3.05, 3.63) is 81.4 Å². The SMILES string of the molecule is CCCc1cc(C)[nH]c(=O)c1CNC(=O)c1cc(-c2ccc(N3CCNCC3)nc2)cc2c(C(CC)CC)ncn12. The van der Waals surface area contributed by atoms with Crippen molar-refractivity contribution in [3.63, 3.8) is 0 Å². The quantitative estimate of drug-likeness (QED) is 0.264. The highest BCUT2D eigenvalue weighted by molar-refractivity contribution is 5.95. The summed E-state index contributed by atoms with van der Waals surface area (Å²) in [7, 11) is 0. The normalized spacial score (nSPS) is 13.7. The van der Waals surface area contributed by atoms with Crippen LogP contribution in [-0.4, -0.2) is 51.4 Å². The average Bonchev–Trinajstić information content (AvgIpc) is 3.41. The molecule has 216 valence electrons. The van der Waals surface area contributed by atoms with E-state index in [0.717, 1.165) is 91.3 Å². The van der Waals surface area contributed by atoms with Crippen molar-refractivity contribution < 1.29 is 4.79 Å². The number of piperazine rings is 1. The van der Waals surface area contributed by atoms with E-state index in [1.54, 1.807) is 6.33 Å². The van der Waals surface area contributed by atoms with E-state index in [1.807, 2.05) is 29.7 Å². The van der Waals surface area contributed by atoms with Gasteiger partial charge >= 0.3 is 0 Å². The molecule has 0 bridgehead atoms. The van der Waals surface area contributed by atoms with E-state index in [4.69, 9.17) is 9.97 Å². The molecule has 1 fully saturated rings. The van der Waals surface area contributed by atoms with Gasteiger partial charge in [-0.15, -0.1) is 0 Å². The molecule has 1 aliphatic heterocycles. The van der Waals surface area contributed by atoms with Gasteiger partial charge in [0.25, 0.3) is 11.5 Å². The van der Waals surface area contributed by atoms with Gasteiger partial charge in [0.05, 0.1) is 11.2 Å². The Balaban J connectivity index is 1.51. The van der Waals surface area contributed by atoms with E-state index in [1.165, 1.54) is 0 Å². The fraction of sp³-hybridized carbons (Fsp3) is 0.438. The molecule has 1 saturated heterocycles. The molecule has 5 heterocycles. The number of H-pyrrole nitrogens is 1. The molecule has 0 saturated carbocycles. The number of hydrogen-bond donors (Lipinski definition) is 3. The third-order valence-electron chi connectivity index (χ3n) is 8.11. The largest absolute Gasteiger partial charge is 0.354 e. The predicted octanol–water partition coefficient (Wildman–Crippen LogP) is 4.59. The van der Waals surface area contributed by atoms with E-state index in [9.17, 15) is 9.59 Å². The summed E-state index contributed by atoms with van der Waals surface area (Å²) in [6.45, 7) is 12.2. The number of imidazole rings is 1. The fourth-order valence-corrected chi connectivity index (χ4v) is 5.81. The number of nitrogens with one attached hydrogen (secondary N) is 3.